The van der Waals surface area contributed by atoms with Gasteiger partial charge in [-0.15, -0.1) is 0 Å². The molecule has 9 aromatic carbocycles. The Morgan fingerprint density at radius 1 is 0.293 bits per heavy atom. The SMILES string of the molecule is Cc1ccc2c(N3c4ccccc4[Si](c4cccnc4)(c4cccnc4)c4cc5c(cc43)[se]c3ccccc35)c3cc(C)ccc3c(N3c4ccccc4[Si](c4cccnc4)(c4cccnc4)c4cc5c(cc43)[se]c3ccccc35)c2c1. The average molecular weight is 1210 g/mol. The maximum absolute atomic E-state index is 4.92. The third-order valence-electron chi connectivity index (χ3n) is 17.6. The molecule has 2 aliphatic rings. The molecule has 0 spiro atoms. The Bertz CT molecular complexity index is 4710. The van der Waals surface area contributed by atoms with Crippen LogP contribution >= 0.6 is 0 Å². The third kappa shape index (κ3) is 6.67. The van der Waals surface area contributed by atoms with E-state index in [1.165, 1.54) is 147 Å². The second kappa shape index (κ2) is 18.3. The van der Waals surface area contributed by atoms with Gasteiger partial charge >= 0.3 is 491 Å². The number of benzene rings is 9. The normalized spacial score (nSPS) is 14.1. The quantitative estimate of drug-likeness (QED) is 0.122. The Hall–Kier alpha value is -8.83. The van der Waals surface area contributed by atoms with E-state index in [-0.39, 0.29) is 29.0 Å². The fourth-order valence-corrected chi connectivity index (χ4v) is 28.9. The molecule has 0 amide bonds. The number of aromatic nitrogens is 4. The zero-order chi connectivity index (χ0) is 54.3. The van der Waals surface area contributed by atoms with E-state index in [1.807, 2.05) is 24.8 Å². The molecular formula is C72H48N6Se2Si2. The molecule has 0 saturated heterocycles. The molecule has 0 atom stereocenters. The topological polar surface area (TPSA) is 58.0 Å². The van der Waals surface area contributed by atoms with Gasteiger partial charge in [-0.3, -0.25) is 0 Å². The van der Waals surface area contributed by atoms with Crippen molar-refractivity contribution in [3.8, 4) is 0 Å². The Kier molecular flexibility index (Phi) is 10.7. The summed E-state index contributed by atoms with van der Waals surface area (Å²) in [6.07, 6.45) is 16.2. The van der Waals surface area contributed by atoms with E-state index in [4.69, 9.17) is 19.9 Å². The second-order valence-corrected chi connectivity index (χ2v) is 33.9. The summed E-state index contributed by atoms with van der Waals surface area (Å²) in [6.45, 7) is 4.51. The number of rotatable bonds is 6. The Labute approximate surface area is 487 Å². The van der Waals surface area contributed by atoms with Crippen LogP contribution in [0.2, 0.25) is 0 Å². The summed E-state index contributed by atoms with van der Waals surface area (Å²) in [5, 5.41) is 20.4. The number of fused-ring (bicyclic) bond motifs is 12. The number of hydrogen-bond acceptors (Lipinski definition) is 6. The van der Waals surface area contributed by atoms with Gasteiger partial charge in [0.1, 0.15) is 0 Å². The van der Waals surface area contributed by atoms with Crippen LogP contribution < -0.4 is 51.3 Å². The molecule has 0 radical (unpaired) electrons. The van der Waals surface area contributed by atoms with Gasteiger partial charge in [0, 0.05) is 0 Å². The van der Waals surface area contributed by atoms with Crippen LogP contribution in [-0.2, 0) is 0 Å². The molecule has 0 unspecified atom stereocenters. The summed E-state index contributed by atoms with van der Waals surface area (Å²) in [5.41, 5.74) is 9.59. The predicted molar refractivity (Wildman–Crippen MR) is 350 cm³/mol. The number of para-hydroxylation sites is 2. The van der Waals surface area contributed by atoms with E-state index in [0.717, 1.165) is 0 Å². The van der Waals surface area contributed by atoms with Gasteiger partial charge in [-0.25, -0.2) is 0 Å². The molecule has 15 aromatic rings. The van der Waals surface area contributed by atoms with Gasteiger partial charge in [0.2, 0.25) is 0 Å². The average Bonchev–Trinajstić information content (AvgIpc) is 1.66. The van der Waals surface area contributed by atoms with Gasteiger partial charge in [0.15, 0.2) is 0 Å². The van der Waals surface area contributed by atoms with Crippen molar-refractivity contribution in [1.29, 1.82) is 0 Å². The van der Waals surface area contributed by atoms with Crippen LogP contribution in [0, 0.1) is 13.8 Å². The van der Waals surface area contributed by atoms with Crippen LogP contribution in [0.5, 0.6) is 0 Å². The van der Waals surface area contributed by atoms with E-state index in [0.29, 0.717) is 0 Å². The number of anilines is 6. The molecule has 0 N–H and O–H groups in total. The fraction of sp³-hybridized carbons (Fsp3) is 0.0278. The minimum absolute atomic E-state index is 0.111. The molecule has 17 rings (SSSR count). The summed E-state index contributed by atoms with van der Waals surface area (Å²) in [7, 11) is -6.32. The van der Waals surface area contributed by atoms with Crippen LogP contribution in [0.4, 0.5) is 34.1 Å². The van der Waals surface area contributed by atoms with Crippen LogP contribution in [0.25, 0.3) is 60.1 Å². The molecule has 0 fully saturated rings. The van der Waals surface area contributed by atoms with Crippen LogP contribution in [0.15, 0.2) is 256 Å². The van der Waals surface area contributed by atoms with Gasteiger partial charge in [-0.1, -0.05) is 0 Å². The van der Waals surface area contributed by atoms with Crippen molar-refractivity contribution < 1.29 is 0 Å². The van der Waals surface area contributed by atoms with E-state index in [1.54, 1.807) is 0 Å². The molecule has 82 heavy (non-hydrogen) atoms. The first kappa shape index (κ1) is 47.9. The van der Waals surface area contributed by atoms with E-state index in [9.17, 15) is 0 Å². The van der Waals surface area contributed by atoms with Crippen molar-refractivity contribution in [2.75, 3.05) is 9.80 Å². The number of nitrogens with zero attached hydrogens (tertiary/aromatic N) is 6. The van der Waals surface area contributed by atoms with Gasteiger partial charge < -0.3 is 0 Å². The molecule has 8 heterocycles. The van der Waals surface area contributed by atoms with E-state index >= 15 is 0 Å². The van der Waals surface area contributed by atoms with Gasteiger partial charge in [0.05, 0.1) is 0 Å². The van der Waals surface area contributed by atoms with E-state index < -0.39 is 16.1 Å². The Balaban J connectivity index is 1.03. The van der Waals surface area contributed by atoms with Crippen molar-refractivity contribution >= 4 is 181 Å². The van der Waals surface area contributed by atoms with E-state index in [2.05, 4.69) is 255 Å². The summed E-state index contributed by atoms with van der Waals surface area (Å²) in [6, 6.07) is 79.3. The molecule has 0 saturated carbocycles. The van der Waals surface area contributed by atoms with Gasteiger partial charge in [-0.05, 0) is 0 Å². The molecule has 10 heteroatoms. The number of hydrogen-bond donors (Lipinski definition) is 0. The maximum atomic E-state index is 4.92. The Morgan fingerprint density at radius 2 is 0.671 bits per heavy atom. The first-order valence-corrected chi connectivity index (χ1v) is 35.2. The van der Waals surface area contributed by atoms with Crippen molar-refractivity contribution in [3.05, 3.63) is 267 Å². The molecular weight excluding hydrogens is 1160 g/mol. The van der Waals surface area contributed by atoms with Crippen LogP contribution in [0.3, 0.4) is 0 Å². The van der Waals surface area contributed by atoms with Crippen molar-refractivity contribution in [2.45, 2.75) is 13.8 Å². The van der Waals surface area contributed by atoms with Crippen molar-refractivity contribution in [3.63, 3.8) is 0 Å². The third-order valence-corrected chi connectivity index (χ3v) is 31.9. The van der Waals surface area contributed by atoms with Gasteiger partial charge in [-0.2, -0.15) is 0 Å². The summed E-state index contributed by atoms with van der Waals surface area (Å²) in [4.78, 5) is 25.0. The Morgan fingerprint density at radius 3 is 1.06 bits per heavy atom. The second-order valence-electron chi connectivity index (χ2n) is 21.9. The zero-order valence-electron chi connectivity index (χ0n) is 44.7. The van der Waals surface area contributed by atoms with Crippen LogP contribution in [0.1, 0.15) is 11.1 Å². The van der Waals surface area contributed by atoms with Crippen LogP contribution in [-0.4, -0.2) is 65.1 Å². The molecule has 0 bridgehead atoms. The summed E-state index contributed by atoms with van der Waals surface area (Å²) < 4.78 is 5.66. The van der Waals surface area contributed by atoms with Crippen molar-refractivity contribution in [2.24, 2.45) is 0 Å². The standard InChI is InChI=1S/C72H48N6Se2Si2/c1-45-27-29-53-57(35-45)71(77-59-21-5-9-25-67(59)81(47-15-11-31-73-41-47,48-16-12-32-74-42-48)69-37-55-51-19-3-7-23-63(51)79-65(55)39-61(69)77)54-30-28-46(2)36-58(54)72(53)78-60-22-6-10-26-68(60)82(49-17-13-33-75-43-49,50-18-14-34-76-44-50)70-38-56-52-20-4-8-24-64(52)80-66(56)40-62(70)78/h3-44H,1-2H3. The first-order valence-electron chi connectivity index (χ1n) is 27.8. The van der Waals surface area contributed by atoms with Crippen molar-refractivity contribution in [1.82, 2.24) is 19.9 Å². The molecule has 386 valence electrons. The molecule has 0 aliphatic carbocycles. The monoisotopic (exact) mass is 1210 g/mol. The molecule has 2 aliphatic heterocycles. The first-order chi connectivity index (χ1) is 40.5. The summed E-state index contributed by atoms with van der Waals surface area (Å²) in [5.74, 6) is 0. The predicted octanol–water partition coefficient (Wildman–Crippen LogP) is 11.2. The number of pyridine rings is 4. The molecule has 6 aromatic heterocycles. The number of aryl methyl sites for hydroxylation is 2. The van der Waals surface area contributed by atoms with Gasteiger partial charge in [0.25, 0.3) is 0 Å². The summed E-state index contributed by atoms with van der Waals surface area (Å²) >= 11 is 0.223. The minimum atomic E-state index is -3.16. The zero-order valence-corrected chi connectivity index (χ0v) is 50.2. The molecule has 6 nitrogen and oxygen atoms in total. The fourth-order valence-electron chi connectivity index (χ4n) is 14.3.